The summed E-state index contributed by atoms with van der Waals surface area (Å²) in [6, 6.07) is 13.4. The molecular weight excluding hydrogens is 372 g/mol. The van der Waals surface area contributed by atoms with Gasteiger partial charge in [-0.25, -0.2) is 14.8 Å². The molecule has 2 aromatic carbocycles. The number of methoxy groups -OCH3 is 1. The summed E-state index contributed by atoms with van der Waals surface area (Å²) in [5, 5.41) is 5.67. The number of esters is 1. The number of benzene rings is 2. The van der Waals surface area contributed by atoms with Crippen LogP contribution in [-0.4, -0.2) is 34.7 Å². The lowest BCUT2D eigenvalue weighted by atomic mass is 10.1. The third-order valence-electron chi connectivity index (χ3n) is 3.98. The number of carbonyl (C=O) groups excluding carboxylic acids is 3. The van der Waals surface area contributed by atoms with Gasteiger partial charge in [0.05, 0.1) is 18.2 Å². The fraction of sp³-hybridized carbons (Fsp3) is 0.0952. The van der Waals surface area contributed by atoms with E-state index in [9.17, 15) is 14.4 Å². The van der Waals surface area contributed by atoms with E-state index in [4.69, 9.17) is 0 Å². The van der Waals surface area contributed by atoms with Crippen molar-refractivity contribution < 1.29 is 19.1 Å². The van der Waals surface area contributed by atoms with Gasteiger partial charge in [0, 0.05) is 29.3 Å². The first-order valence-electron chi connectivity index (χ1n) is 8.66. The number of hydrogen-bond acceptors (Lipinski definition) is 7. The Bertz CT molecular complexity index is 1060. The predicted molar refractivity (Wildman–Crippen MR) is 107 cm³/mol. The molecule has 0 atom stereocenters. The van der Waals surface area contributed by atoms with Gasteiger partial charge in [-0.1, -0.05) is 18.2 Å². The van der Waals surface area contributed by atoms with E-state index in [0.29, 0.717) is 22.5 Å². The molecule has 0 fully saturated rings. The highest BCUT2D eigenvalue weighted by Gasteiger charge is 2.11. The number of amides is 1. The second-order valence-electron chi connectivity index (χ2n) is 6.08. The smallest absolute Gasteiger partial charge is 0.337 e. The number of aromatic nitrogens is 2. The van der Waals surface area contributed by atoms with E-state index < -0.39 is 11.9 Å². The summed E-state index contributed by atoms with van der Waals surface area (Å²) in [6.45, 7) is 1.49. The van der Waals surface area contributed by atoms with Crippen molar-refractivity contribution in [2.45, 2.75) is 6.92 Å². The Labute approximate surface area is 167 Å². The van der Waals surface area contributed by atoms with Crippen LogP contribution in [0.1, 0.15) is 38.0 Å². The molecule has 0 radical (unpaired) electrons. The number of nitrogens with zero attached hydrogens (tertiary/aromatic N) is 2. The molecule has 0 aliphatic rings. The van der Waals surface area contributed by atoms with E-state index in [1.165, 1.54) is 32.5 Å². The van der Waals surface area contributed by atoms with Crippen molar-refractivity contribution in [2.24, 2.45) is 0 Å². The minimum Gasteiger partial charge on any atom is -0.465 e. The molecule has 1 amide bonds. The number of Topliss-reactive ketones (excluding diaryl/α,β-unsaturated/α-hetero) is 1. The Morgan fingerprint density at radius 3 is 2.14 bits per heavy atom. The summed E-state index contributed by atoms with van der Waals surface area (Å²) in [4.78, 5) is 43.7. The Hall–Kier alpha value is -4.07. The molecule has 0 aliphatic carbocycles. The number of anilines is 3. The molecule has 8 heteroatoms. The maximum Gasteiger partial charge on any atom is 0.337 e. The van der Waals surface area contributed by atoms with Crippen molar-refractivity contribution in [3.63, 3.8) is 0 Å². The molecule has 1 aromatic heterocycles. The van der Waals surface area contributed by atoms with Gasteiger partial charge < -0.3 is 15.4 Å². The largest absolute Gasteiger partial charge is 0.465 e. The SMILES string of the molecule is COC(=O)c1cccc(NC(=O)c2cnc(Nc3cccc(C(C)=O)c3)nc2)c1. The number of carbonyl (C=O) groups is 3. The van der Waals surface area contributed by atoms with Gasteiger partial charge in [-0.3, -0.25) is 9.59 Å². The third kappa shape index (κ3) is 5.01. The van der Waals surface area contributed by atoms with Gasteiger partial charge in [0.1, 0.15) is 0 Å². The lowest BCUT2D eigenvalue weighted by molar-refractivity contribution is 0.0600. The molecule has 0 unspecified atom stereocenters. The number of rotatable bonds is 6. The van der Waals surface area contributed by atoms with Crippen LogP contribution in [0.3, 0.4) is 0 Å². The number of ether oxygens (including phenoxy) is 1. The Balaban J connectivity index is 1.68. The van der Waals surface area contributed by atoms with E-state index in [2.05, 4.69) is 25.3 Å². The van der Waals surface area contributed by atoms with Crippen LogP contribution in [0.2, 0.25) is 0 Å². The first-order chi connectivity index (χ1) is 14.0. The van der Waals surface area contributed by atoms with Crippen molar-refractivity contribution in [2.75, 3.05) is 17.7 Å². The molecule has 1 heterocycles. The molecule has 3 aromatic rings. The summed E-state index contributed by atoms with van der Waals surface area (Å²) >= 11 is 0. The second-order valence-corrected chi connectivity index (χ2v) is 6.08. The lowest BCUT2D eigenvalue weighted by Gasteiger charge is -2.08. The summed E-state index contributed by atoms with van der Waals surface area (Å²) in [7, 11) is 1.29. The molecule has 0 saturated heterocycles. The van der Waals surface area contributed by atoms with Crippen LogP contribution < -0.4 is 10.6 Å². The summed E-state index contributed by atoms with van der Waals surface area (Å²) in [5.74, 6) is -0.668. The fourth-order valence-corrected chi connectivity index (χ4v) is 2.50. The monoisotopic (exact) mass is 390 g/mol. The standard InChI is InChI=1S/C21H18N4O4/c1-13(26)14-5-3-8-18(9-14)25-21-22-11-16(12-23-21)19(27)24-17-7-4-6-15(10-17)20(28)29-2/h3-12H,1-2H3,(H,24,27)(H,22,23,25). The Morgan fingerprint density at radius 2 is 1.48 bits per heavy atom. The van der Waals surface area contributed by atoms with Crippen LogP contribution in [0.25, 0.3) is 0 Å². The van der Waals surface area contributed by atoms with Gasteiger partial charge in [0.15, 0.2) is 5.78 Å². The first kappa shape index (κ1) is 19.7. The maximum atomic E-state index is 12.4. The quantitative estimate of drug-likeness (QED) is 0.490. The van der Waals surface area contributed by atoms with Crippen molar-refractivity contribution in [1.29, 1.82) is 0 Å². The van der Waals surface area contributed by atoms with Crippen molar-refractivity contribution >= 4 is 35.0 Å². The minimum atomic E-state index is -0.492. The van der Waals surface area contributed by atoms with Gasteiger partial charge in [0.25, 0.3) is 5.91 Å². The van der Waals surface area contributed by atoms with Crippen molar-refractivity contribution in [3.8, 4) is 0 Å². The zero-order valence-electron chi connectivity index (χ0n) is 15.8. The second kappa shape index (κ2) is 8.75. The van der Waals surface area contributed by atoms with E-state index in [1.807, 2.05) is 0 Å². The van der Waals surface area contributed by atoms with E-state index in [-0.39, 0.29) is 17.3 Å². The average Bonchev–Trinajstić information content (AvgIpc) is 2.74. The molecular formula is C21H18N4O4. The molecule has 0 aliphatic heterocycles. The minimum absolute atomic E-state index is 0.0437. The normalized spacial score (nSPS) is 10.1. The highest BCUT2D eigenvalue weighted by atomic mass is 16.5. The lowest BCUT2D eigenvalue weighted by Crippen LogP contribution is -2.13. The third-order valence-corrected chi connectivity index (χ3v) is 3.98. The molecule has 0 spiro atoms. The first-order valence-corrected chi connectivity index (χ1v) is 8.66. The Morgan fingerprint density at radius 1 is 0.862 bits per heavy atom. The zero-order chi connectivity index (χ0) is 20.8. The summed E-state index contributed by atoms with van der Waals surface area (Å²) in [6.07, 6.45) is 2.76. The van der Waals surface area contributed by atoms with Gasteiger partial charge in [0.2, 0.25) is 5.95 Å². The summed E-state index contributed by atoms with van der Waals surface area (Å²) < 4.78 is 4.67. The average molecular weight is 390 g/mol. The Kier molecular flexibility index (Phi) is 5.94. The van der Waals surface area contributed by atoms with Gasteiger partial charge in [-0.05, 0) is 37.3 Å². The molecule has 2 N–H and O–H groups in total. The predicted octanol–water partition coefficient (Wildman–Crippen LogP) is 3.46. The van der Waals surface area contributed by atoms with E-state index >= 15 is 0 Å². The van der Waals surface area contributed by atoms with Gasteiger partial charge in [-0.2, -0.15) is 0 Å². The highest BCUT2D eigenvalue weighted by Crippen LogP contribution is 2.16. The number of nitrogens with one attached hydrogen (secondary N) is 2. The molecule has 29 heavy (non-hydrogen) atoms. The molecule has 0 bridgehead atoms. The fourth-order valence-electron chi connectivity index (χ4n) is 2.50. The van der Waals surface area contributed by atoms with E-state index in [1.54, 1.807) is 42.5 Å². The van der Waals surface area contributed by atoms with Crippen LogP contribution in [0.15, 0.2) is 60.9 Å². The van der Waals surface area contributed by atoms with Crippen LogP contribution >= 0.6 is 0 Å². The number of hydrogen-bond donors (Lipinski definition) is 2. The van der Waals surface area contributed by atoms with E-state index in [0.717, 1.165) is 0 Å². The topological polar surface area (TPSA) is 110 Å². The van der Waals surface area contributed by atoms with Crippen LogP contribution in [0.5, 0.6) is 0 Å². The van der Waals surface area contributed by atoms with Crippen LogP contribution in [-0.2, 0) is 4.74 Å². The van der Waals surface area contributed by atoms with Crippen LogP contribution in [0.4, 0.5) is 17.3 Å². The van der Waals surface area contributed by atoms with Crippen LogP contribution in [0, 0.1) is 0 Å². The zero-order valence-corrected chi connectivity index (χ0v) is 15.8. The summed E-state index contributed by atoms with van der Waals surface area (Å²) in [5.41, 5.74) is 2.25. The molecule has 8 nitrogen and oxygen atoms in total. The number of ketones is 1. The molecule has 3 rings (SSSR count). The van der Waals surface area contributed by atoms with Gasteiger partial charge >= 0.3 is 5.97 Å². The molecule has 0 saturated carbocycles. The van der Waals surface area contributed by atoms with Crippen molar-refractivity contribution in [3.05, 3.63) is 77.6 Å². The van der Waals surface area contributed by atoms with Crippen molar-refractivity contribution in [1.82, 2.24) is 9.97 Å². The van der Waals surface area contributed by atoms with Gasteiger partial charge in [-0.15, -0.1) is 0 Å². The highest BCUT2D eigenvalue weighted by molar-refractivity contribution is 6.04. The maximum absolute atomic E-state index is 12.4. The molecule has 146 valence electrons.